The molecular weight excluding hydrogens is 384 g/mol. The van der Waals surface area contributed by atoms with Crippen LogP contribution in [0.3, 0.4) is 0 Å². The maximum Gasteiger partial charge on any atom is 0.254 e. The van der Waals surface area contributed by atoms with E-state index in [9.17, 15) is 9.59 Å². The molecule has 2 aromatic rings. The number of carbonyl (C=O) groups is 2. The molecule has 5 heteroatoms. The minimum Gasteiger partial charge on any atom is -0.351 e. The summed E-state index contributed by atoms with van der Waals surface area (Å²) >= 11 is 6.28. The first kappa shape index (κ1) is 21.4. The third-order valence-corrected chi connectivity index (χ3v) is 5.40. The second-order valence-electron chi connectivity index (χ2n) is 8.66. The van der Waals surface area contributed by atoms with Crippen molar-refractivity contribution in [3.8, 4) is 0 Å². The largest absolute Gasteiger partial charge is 0.351 e. The molecule has 2 aromatic carbocycles. The van der Waals surface area contributed by atoms with E-state index in [1.165, 1.54) is 0 Å². The molecule has 2 atom stereocenters. The van der Waals surface area contributed by atoms with Crippen molar-refractivity contribution in [1.29, 1.82) is 0 Å². The zero-order valence-electron chi connectivity index (χ0n) is 17.5. The summed E-state index contributed by atoms with van der Waals surface area (Å²) in [5.74, 6) is -0.610. The van der Waals surface area contributed by atoms with Crippen molar-refractivity contribution in [2.45, 2.75) is 58.0 Å². The fraction of sp³-hybridized carbons (Fsp3) is 0.417. The van der Waals surface area contributed by atoms with Crippen molar-refractivity contribution in [3.05, 3.63) is 70.2 Å². The van der Waals surface area contributed by atoms with E-state index in [1.54, 1.807) is 0 Å². The van der Waals surface area contributed by atoms with Crippen molar-refractivity contribution < 1.29 is 9.59 Å². The highest BCUT2D eigenvalue weighted by molar-refractivity contribution is 6.30. The number of rotatable bonds is 5. The molecule has 0 bridgehead atoms. The van der Waals surface area contributed by atoms with Gasteiger partial charge in [0.05, 0.1) is 12.0 Å². The first-order valence-electron chi connectivity index (χ1n) is 10.2. The third-order valence-electron chi connectivity index (χ3n) is 5.16. The van der Waals surface area contributed by atoms with Crippen LogP contribution in [-0.4, -0.2) is 28.8 Å². The molecule has 4 nitrogen and oxygen atoms in total. The van der Waals surface area contributed by atoms with Crippen molar-refractivity contribution in [1.82, 2.24) is 10.2 Å². The Morgan fingerprint density at radius 2 is 1.86 bits per heavy atom. The Morgan fingerprint density at radius 3 is 2.52 bits per heavy atom. The average molecular weight is 413 g/mol. The van der Waals surface area contributed by atoms with Crippen LogP contribution < -0.4 is 5.32 Å². The fourth-order valence-corrected chi connectivity index (χ4v) is 4.16. The van der Waals surface area contributed by atoms with Gasteiger partial charge in [0.25, 0.3) is 5.91 Å². The van der Waals surface area contributed by atoms with Gasteiger partial charge in [0, 0.05) is 22.7 Å². The maximum atomic E-state index is 13.5. The van der Waals surface area contributed by atoms with Gasteiger partial charge in [-0.25, -0.2) is 0 Å². The van der Waals surface area contributed by atoms with Gasteiger partial charge in [0.15, 0.2) is 0 Å². The second kappa shape index (κ2) is 8.58. The lowest BCUT2D eigenvalue weighted by Gasteiger charge is -2.42. The summed E-state index contributed by atoms with van der Waals surface area (Å²) < 4.78 is 0. The van der Waals surface area contributed by atoms with Gasteiger partial charge in [0.1, 0.15) is 0 Å². The lowest BCUT2D eigenvalue weighted by atomic mass is 9.78. The van der Waals surface area contributed by atoms with Gasteiger partial charge in [-0.1, -0.05) is 55.3 Å². The quantitative estimate of drug-likeness (QED) is 0.720. The molecule has 1 aliphatic rings. The van der Waals surface area contributed by atoms with E-state index in [4.69, 9.17) is 11.6 Å². The van der Waals surface area contributed by atoms with Crippen LogP contribution in [0, 0.1) is 0 Å². The molecule has 1 aliphatic heterocycles. The summed E-state index contributed by atoms with van der Waals surface area (Å²) in [6.45, 7) is 8.59. The van der Waals surface area contributed by atoms with Crippen molar-refractivity contribution in [2.24, 2.45) is 0 Å². The van der Waals surface area contributed by atoms with E-state index in [0.29, 0.717) is 17.1 Å². The summed E-state index contributed by atoms with van der Waals surface area (Å²) in [6, 6.07) is 14.6. The Labute approximate surface area is 178 Å². The number of amides is 2. The Hall–Kier alpha value is -2.33. The molecule has 3 rings (SSSR count). The number of nitrogens with one attached hydrogen (secondary N) is 1. The zero-order chi connectivity index (χ0) is 21.2. The van der Waals surface area contributed by atoms with E-state index >= 15 is 0 Å². The molecule has 0 radical (unpaired) electrons. The molecule has 0 aromatic heterocycles. The maximum absolute atomic E-state index is 13.5. The van der Waals surface area contributed by atoms with Crippen molar-refractivity contribution in [2.75, 3.05) is 6.54 Å². The number of nitrogens with zero attached hydrogens (tertiary/aromatic N) is 1. The number of fused-ring (bicyclic) bond motifs is 1. The predicted octanol–water partition coefficient (Wildman–Crippen LogP) is 5.34. The molecule has 2 amide bonds. The third kappa shape index (κ3) is 4.64. The van der Waals surface area contributed by atoms with Gasteiger partial charge in [-0.2, -0.15) is 0 Å². The summed E-state index contributed by atoms with van der Waals surface area (Å²) in [6.07, 6.45) is 1.84. The first-order valence-corrected chi connectivity index (χ1v) is 10.6. The lowest BCUT2D eigenvalue weighted by Crippen LogP contribution is -2.51. The van der Waals surface area contributed by atoms with Gasteiger partial charge in [-0.3, -0.25) is 9.59 Å². The minimum atomic E-state index is -0.501. The molecule has 29 heavy (non-hydrogen) atoms. The van der Waals surface area contributed by atoms with E-state index in [2.05, 4.69) is 12.2 Å². The van der Waals surface area contributed by atoms with Crippen LogP contribution >= 0.6 is 11.6 Å². The first-order chi connectivity index (χ1) is 13.7. The average Bonchev–Trinajstić information content (AvgIpc) is 2.65. The molecule has 154 valence electrons. The van der Waals surface area contributed by atoms with Crippen molar-refractivity contribution in [3.63, 3.8) is 0 Å². The smallest absolute Gasteiger partial charge is 0.254 e. The highest BCUT2D eigenvalue weighted by Crippen LogP contribution is 2.43. The van der Waals surface area contributed by atoms with Crippen LogP contribution in [0.15, 0.2) is 48.5 Å². The molecule has 0 fully saturated rings. The Bertz CT molecular complexity index is 904. The molecule has 1 heterocycles. The van der Waals surface area contributed by atoms with Crippen LogP contribution in [0.4, 0.5) is 0 Å². The molecule has 0 spiro atoms. The summed E-state index contributed by atoms with van der Waals surface area (Å²) in [5, 5.41) is 3.72. The Balaban J connectivity index is 2.18. The number of halogens is 1. The molecule has 0 saturated carbocycles. The van der Waals surface area contributed by atoms with Gasteiger partial charge >= 0.3 is 0 Å². The number of hydrogen-bond donors (Lipinski definition) is 1. The van der Waals surface area contributed by atoms with Gasteiger partial charge in [0.2, 0.25) is 5.91 Å². The predicted molar refractivity (Wildman–Crippen MR) is 117 cm³/mol. The number of carbonyl (C=O) groups excluding carboxylic acids is 2. The van der Waals surface area contributed by atoms with Crippen LogP contribution in [0.5, 0.6) is 0 Å². The van der Waals surface area contributed by atoms with E-state index < -0.39 is 12.0 Å². The van der Waals surface area contributed by atoms with Gasteiger partial charge in [-0.15, -0.1) is 0 Å². The van der Waals surface area contributed by atoms with Crippen LogP contribution in [0.1, 0.15) is 74.0 Å². The standard InChI is InChI=1S/C24H29ClN2O2/c1-5-6-14-27-21(16-10-9-11-17(25)15-16)20(22(28)26-24(2,3)4)18-12-7-8-13-19(18)23(27)29/h7-13,15,20-21H,5-6,14H2,1-4H3,(H,26,28). The summed E-state index contributed by atoms with van der Waals surface area (Å²) in [4.78, 5) is 28.7. The normalized spacial score (nSPS) is 19.1. The summed E-state index contributed by atoms with van der Waals surface area (Å²) in [7, 11) is 0. The second-order valence-corrected chi connectivity index (χ2v) is 9.09. The van der Waals surface area contributed by atoms with E-state index in [0.717, 1.165) is 24.0 Å². The van der Waals surface area contributed by atoms with Crippen LogP contribution in [-0.2, 0) is 4.79 Å². The van der Waals surface area contributed by atoms with E-state index in [-0.39, 0.29) is 17.4 Å². The highest BCUT2D eigenvalue weighted by Gasteiger charge is 2.44. The Kier molecular flexibility index (Phi) is 6.33. The Morgan fingerprint density at radius 1 is 1.14 bits per heavy atom. The molecule has 0 aliphatic carbocycles. The molecular formula is C24H29ClN2O2. The SMILES string of the molecule is CCCCN1C(=O)c2ccccc2C(C(=O)NC(C)(C)C)C1c1cccc(Cl)c1. The van der Waals surface area contributed by atoms with E-state index in [1.807, 2.05) is 74.2 Å². The van der Waals surface area contributed by atoms with Crippen molar-refractivity contribution >= 4 is 23.4 Å². The van der Waals surface area contributed by atoms with Gasteiger partial charge < -0.3 is 10.2 Å². The molecule has 1 N–H and O–H groups in total. The number of unbranched alkanes of at least 4 members (excludes halogenated alkanes) is 1. The zero-order valence-corrected chi connectivity index (χ0v) is 18.3. The lowest BCUT2D eigenvalue weighted by molar-refractivity contribution is -0.125. The topological polar surface area (TPSA) is 49.4 Å². The summed E-state index contributed by atoms with van der Waals surface area (Å²) in [5.41, 5.74) is 1.89. The molecule has 2 unspecified atom stereocenters. The minimum absolute atomic E-state index is 0.0289. The van der Waals surface area contributed by atoms with Gasteiger partial charge in [-0.05, 0) is 56.5 Å². The number of benzene rings is 2. The number of hydrogen-bond acceptors (Lipinski definition) is 2. The van der Waals surface area contributed by atoms with Crippen LogP contribution in [0.25, 0.3) is 0 Å². The molecule has 0 saturated heterocycles. The van der Waals surface area contributed by atoms with Crippen LogP contribution in [0.2, 0.25) is 5.02 Å². The highest BCUT2D eigenvalue weighted by atomic mass is 35.5. The monoisotopic (exact) mass is 412 g/mol. The fourth-order valence-electron chi connectivity index (χ4n) is 3.96.